The number of H-pyrrole nitrogens is 1. The number of nitrogens with two attached hydrogens (primary N) is 1. The largest absolute Gasteiger partial charge is 0.486 e. The zero-order chi connectivity index (χ0) is 18.1. The molecule has 1 fully saturated rings. The summed E-state index contributed by atoms with van der Waals surface area (Å²) < 4.78 is 11.1. The molecule has 1 saturated heterocycles. The number of carbonyl (C=O) groups excluding carboxylic acids is 1. The molecule has 0 unspecified atom stereocenters. The van der Waals surface area contributed by atoms with Crippen LogP contribution in [0.5, 0.6) is 5.75 Å². The molecular formula is C21H20N2O3. The molecule has 3 N–H and O–H groups in total. The number of anilines is 1. The average Bonchev–Trinajstić information content (AvgIpc) is 2.96. The normalized spacial score (nSPS) is 18.3. The third-order valence-corrected chi connectivity index (χ3v) is 5.49. The van der Waals surface area contributed by atoms with Crippen molar-refractivity contribution in [3.63, 3.8) is 0 Å². The summed E-state index contributed by atoms with van der Waals surface area (Å²) in [6.45, 7) is 5.50. The standard InChI is InChI=1S/C21H20N2O3/c1-21(2)16-8-12(26-13-9-25-10-13)4-6-14(16)19(24)18-15-5-3-11(22)7-17(15)23-20(18)21/h3-8,13,23H,9-10,22H2,1-2H3. The van der Waals surface area contributed by atoms with Crippen molar-refractivity contribution in [3.8, 4) is 5.75 Å². The molecule has 0 radical (unpaired) electrons. The number of ether oxygens (including phenoxy) is 2. The second kappa shape index (κ2) is 5.11. The fourth-order valence-electron chi connectivity index (χ4n) is 3.98. The molecule has 1 aliphatic carbocycles. The number of nitrogens with one attached hydrogen (secondary N) is 1. The van der Waals surface area contributed by atoms with Crippen molar-refractivity contribution in [1.29, 1.82) is 0 Å². The van der Waals surface area contributed by atoms with Gasteiger partial charge in [0, 0.05) is 33.3 Å². The van der Waals surface area contributed by atoms with Gasteiger partial charge in [-0.1, -0.05) is 19.9 Å². The molecule has 132 valence electrons. The van der Waals surface area contributed by atoms with E-state index in [2.05, 4.69) is 18.8 Å². The molecule has 2 aromatic carbocycles. The van der Waals surface area contributed by atoms with Gasteiger partial charge in [-0.2, -0.15) is 0 Å². The highest BCUT2D eigenvalue weighted by Crippen LogP contribution is 2.44. The Morgan fingerprint density at radius 3 is 2.73 bits per heavy atom. The summed E-state index contributed by atoms with van der Waals surface area (Å²) >= 11 is 0. The van der Waals surface area contributed by atoms with E-state index in [4.69, 9.17) is 15.2 Å². The molecule has 2 aliphatic rings. The lowest BCUT2D eigenvalue weighted by molar-refractivity contribution is -0.0797. The van der Waals surface area contributed by atoms with Gasteiger partial charge in [-0.3, -0.25) is 4.79 Å². The quantitative estimate of drug-likeness (QED) is 0.696. The van der Waals surface area contributed by atoms with Crippen LogP contribution >= 0.6 is 0 Å². The van der Waals surface area contributed by atoms with Gasteiger partial charge in [0.15, 0.2) is 5.78 Å². The maximum absolute atomic E-state index is 13.2. The summed E-state index contributed by atoms with van der Waals surface area (Å²) in [5, 5.41) is 0.921. The fraction of sp³-hybridized carbons (Fsp3) is 0.286. The van der Waals surface area contributed by atoms with E-state index in [1.54, 1.807) is 0 Å². The number of carbonyl (C=O) groups is 1. The van der Waals surface area contributed by atoms with Crippen LogP contribution in [0.1, 0.15) is 41.0 Å². The summed E-state index contributed by atoms with van der Waals surface area (Å²) in [5.41, 5.74) is 10.5. The van der Waals surface area contributed by atoms with Crippen molar-refractivity contribution in [1.82, 2.24) is 4.98 Å². The maximum Gasteiger partial charge on any atom is 0.195 e. The Bertz CT molecular complexity index is 1060. The molecule has 1 aliphatic heterocycles. The lowest BCUT2D eigenvalue weighted by atomic mass is 9.71. The number of aromatic nitrogens is 1. The molecule has 1 aromatic heterocycles. The van der Waals surface area contributed by atoms with E-state index < -0.39 is 0 Å². The molecule has 5 rings (SSSR count). The van der Waals surface area contributed by atoms with Crippen LogP contribution in [0, 0.1) is 0 Å². The van der Waals surface area contributed by atoms with Gasteiger partial charge in [0.25, 0.3) is 0 Å². The van der Waals surface area contributed by atoms with Crippen LogP contribution in [0.25, 0.3) is 10.9 Å². The van der Waals surface area contributed by atoms with E-state index >= 15 is 0 Å². The molecular weight excluding hydrogens is 328 g/mol. The molecule has 5 nitrogen and oxygen atoms in total. The molecule has 0 saturated carbocycles. The fourth-order valence-corrected chi connectivity index (χ4v) is 3.98. The zero-order valence-electron chi connectivity index (χ0n) is 14.8. The summed E-state index contributed by atoms with van der Waals surface area (Å²) in [7, 11) is 0. The van der Waals surface area contributed by atoms with Crippen LogP contribution in [0.3, 0.4) is 0 Å². The smallest absolute Gasteiger partial charge is 0.195 e. The molecule has 2 heterocycles. The van der Waals surface area contributed by atoms with Crippen LogP contribution in [-0.4, -0.2) is 30.1 Å². The van der Waals surface area contributed by atoms with Crippen LogP contribution in [-0.2, 0) is 10.2 Å². The summed E-state index contributed by atoms with van der Waals surface area (Å²) in [5.74, 6) is 0.825. The third-order valence-electron chi connectivity index (χ3n) is 5.49. The topological polar surface area (TPSA) is 77.3 Å². The number of benzene rings is 2. The van der Waals surface area contributed by atoms with Gasteiger partial charge < -0.3 is 20.2 Å². The minimum absolute atomic E-state index is 0.0453. The van der Waals surface area contributed by atoms with E-state index in [1.807, 2.05) is 36.4 Å². The second-order valence-corrected chi connectivity index (χ2v) is 7.62. The molecule has 0 bridgehead atoms. The maximum atomic E-state index is 13.2. The number of hydrogen-bond acceptors (Lipinski definition) is 4. The van der Waals surface area contributed by atoms with E-state index in [1.165, 1.54) is 0 Å². The Balaban J connectivity index is 1.68. The van der Waals surface area contributed by atoms with Crippen LogP contribution in [0.15, 0.2) is 36.4 Å². The minimum Gasteiger partial charge on any atom is -0.486 e. The Labute approximate surface area is 151 Å². The van der Waals surface area contributed by atoms with Crippen molar-refractivity contribution < 1.29 is 14.3 Å². The van der Waals surface area contributed by atoms with Gasteiger partial charge in [0.1, 0.15) is 11.9 Å². The van der Waals surface area contributed by atoms with Gasteiger partial charge in [-0.05, 0) is 35.9 Å². The Kier molecular flexibility index (Phi) is 3.04. The van der Waals surface area contributed by atoms with Gasteiger partial charge >= 0.3 is 0 Å². The predicted molar refractivity (Wildman–Crippen MR) is 99.9 cm³/mol. The molecule has 0 spiro atoms. The molecule has 26 heavy (non-hydrogen) atoms. The minimum atomic E-state index is -0.345. The Morgan fingerprint density at radius 1 is 1.19 bits per heavy atom. The summed E-state index contributed by atoms with van der Waals surface area (Å²) in [6, 6.07) is 11.4. The van der Waals surface area contributed by atoms with E-state index in [-0.39, 0.29) is 17.3 Å². The predicted octanol–water partition coefficient (Wildman–Crippen LogP) is 3.40. The molecule has 0 amide bonds. The number of fused-ring (bicyclic) bond motifs is 4. The van der Waals surface area contributed by atoms with Gasteiger partial charge in [-0.15, -0.1) is 0 Å². The molecule has 3 aromatic rings. The van der Waals surface area contributed by atoms with Crippen molar-refractivity contribution in [2.24, 2.45) is 0 Å². The number of ketones is 1. The van der Waals surface area contributed by atoms with E-state index in [0.717, 1.165) is 39.0 Å². The number of rotatable bonds is 2. The highest BCUT2D eigenvalue weighted by atomic mass is 16.6. The van der Waals surface area contributed by atoms with Crippen LogP contribution in [0.4, 0.5) is 5.69 Å². The monoisotopic (exact) mass is 348 g/mol. The lowest BCUT2D eigenvalue weighted by Gasteiger charge is -2.33. The van der Waals surface area contributed by atoms with Crippen LogP contribution in [0.2, 0.25) is 0 Å². The van der Waals surface area contributed by atoms with Gasteiger partial charge in [-0.25, -0.2) is 0 Å². The van der Waals surface area contributed by atoms with Gasteiger partial charge in [0.2, 0.25) is 0 Å². The van der Waals surface area contributed by atoms with Crippen molar-refractivity contribution >= 4 is 22.4 Å². The zero-order valence-corrected chi connectivity index (χ0v) is 14.8. The van der Waals surface area contributed by atoms with Crippen LogP contribution < -0.4 is 10.5 Å². The number of aromatic amines is 1. The summed E-state index contributed by atoms with van der Waals surface area (Å²) in [4.78, 5) is 16.7. The molecule has 0 atom stereocenters. The van der Waals surface area contributed by atoms with E-state index in [0.29, 0.717) is 18.9 Å². The lowest BCUT2D eigenvalue weighted by Crippen LogP contribution is -2.38. The molecule has 5 heteroatoms. The Hall–Kier alpha value is -2.79. The average molecular weight is 348 g/mol. The van der Waals surface area contributed by atoms with Crippen molar-refractivity contribution in [2.45, 2.75) is 25.4 Å². The second-order valence-electron chi connectivity index (χ2n) is 7.62. The Morgan fingerprint density at radius 2 is 2.00 bits per heavy atom. The highest BCUT2D eigenvalue weighted by molar-refractivity contribution is 6.20. The van der Waals surface area contributed by atoms with Gasteiger partial charge in [0.05, 0.1) is 18.8 Å². The summed E-state index contributed by atoms with van der Waals surface area (Å²) in [6.07, 6.45) is 0.0991. The number of hydrogen-bond donors (Lipinski definition) is 2. The first-order valence-corrected chi connectivity index (χ1v) is 8.80. The third kappa shape index (κ3) is 2.04. The highest BCUT2D eigenvalue weighted by Gasteiger charge is 2.40. The van der Waals surface area contributed by atoms with Crippen molar-refractivity contribution in [3.05, 3.63) is 58.8 Å². The SMILES string of the molecule is CC1(C)c2cc(OC3COC3)ccc2C(=O)c2c1[nH]c1cc(N)ccc21. The van der Waals surface area contributed by atoms with E-state index in [9.17, 15) is 4.79 Å². The number of nitrogen functional groups attached to an aromatic ring is 1. The first-order valence-electron chi connectivity index (χ1n) is 8.80. The first-order chi connectivity index (χ1) is 12.4. The van der Waals surface area contributed by atoms with Crippen molar-refractivity contribution in [2.75, 3.05) is 18.9 Å². The first kappa shape index (κ1) is 15.5.